The van der Waals surface area contributed by atoms with Gasteiger partial charge >= 0.3 is 0 Å². The SMILES string of the molecule is CO[C@@H]1CN(C(=O)c2cnn3ccc(C)cc23)C[C@H]1c1cn(C)nn1. The van der Waals surface area contributed by atoms with Gasteiger partial charge in [-0.05, 0) is 24.6 Å². The number of rotatable bonds is 3. The van der Waals surface area contributed by atoms with Crippen molar-refractivity contribution in [2.75, 3.05) is 20.2 Å². The minimum Gasteiger partial charge on any atom is -0.379 e. The van der Waals surface area contributed by atoms with Crippen molar-refractivity contribution in [3.63, 3.8) is 0 Å². The summed E-state index contributed by atoms with van der Waals surface area (Å²) in [5.74, 6) is -0.0136. The molecule has 4 heterocycles. The standard InChI is InChI=1S/C17H20N6O2/c1-11-4-5-23-15(6-11)12(7-18-23)17(24)22-8-13(16(10-22)25-3)14-9-21(2)20-19-14/h4-7,9,13,16H,8,10H2,1-3H3/t13-,16+/m0/s1. The van der Waals surface area contributed by atoms with Gasteiger partial charge in [-0.25, -0.2) is 4.52 Å². The lowest BCUT2D eigenvalue weighted by molar-refractivity contribution is 0.0716. The summed E-state index contributed by atoms with van der Waals surface area (Å²) in [5.41, 5.74) is 3.37. The topological polar surface area (TPSA) is 77.5 Å². The lowest BCUT2D eigenvalue weighted by Gasteiger charge is -2.15. The predicted molar refractivity (Wildman–Crippen MR) is 90.4 cm³/mol. The van der Waals surface area contributed by atoms with Crippen molar-refractivity contribution in [3.05, 3.63) is 47.5 Å². The number of likely N-dealkylation sites (tertiary alicyclic amines) is 1. The normalized spacial score (nSPS) is 20.5. The summed E-state index contributed by atoms with van der Waals surface area (Å²) in [7, 11) is 3.50. The van der Waals surface area contributed by atoms with Crippen LogP contribution in [-0.4, -0.2) is 61.7 Å². The molecule has 0 aromatic carbocycles. The van der Waals surface area contributed by atoms with Gasteiger partial charge in [0.25, 0.3) is 5.91 Å². The quantitative estimate of drug-likeness (QED) is 0.711. The highest BCUT2D eigenvalue weighted by Gasteiger charge is 2.38. The van der Waals surface area contributed by atoms with E-state index in [0.29, 0.717) is 18.7 Å². The molecule has 0 saturated carbocycles. The second-order valence-electron chi connectivity index (χ2n) is 6.50. The van der Waals surface area contributed by atoms with Crippen LogP contribution < -0.4 is 0 Å². The second-order valence-corrected chi connectivity index (χ2v) is 6.50. The van der Waals surface area contributed by atoms with Gasteiger partial charge in [0.2, 0.25) is 0 Å². The van der Waals surface area contributed by atoms with Crippen LogP contribution in [0.15, 0.2) is 30.7 Å². The van der Waals surface area contributed by atoms with Gasteiger partial charge < -0.3 is 9.64 Å². The molecule has 0 spiro atoms. The van der Waals surface area contributed by atoms with Gasteiger partial charge in [0.1, 0.15) is 0 Å². The molecule has 1 saturated heterocycles. The first-order valence-corrected chi connectivity index (χ1v) is 8.19. The Kier molecular flexibility index (Phi) is 3.76. The van der Waals surface area contributed by atoms with Crippen molar-refractivity contribution in [1.29, 1.82) is 0 Å². The van der Waals surface area contributed by atoms with Gasteiger partial charge in [-0.1, -0.05) is 5.21 Å². The molecule has 25 heavy (non-hydrogen) atoms. The molecule has 3 aromatic heterocycles. The molecule has 2 atom stereocenters. The molecule has 0 aliphatic carbocycles. The molecule has 1 aliphatic heterocycles. The number of methoxy groups -OCH3 is 1. The van der Waals surface area contributed by atoms with E-state index in [2.05, 4.69) is 15.4 Å². The van der Waals surface area contributed by atoms with Crippen LogP contribution in [0.3, 0.4) is 0 Å². The van der Waals surface area contributed by atoms with Crippen molar-refractivity contribution in [2.45, 2.75) is 18.9 Å². The number of ether oxygens (including phenoxy) is 1. The van der Waals surface area contributed by atoms with Gasteiger partial charge in [0.05, 0.1) is 35.0 Å². The minimum atomic E-state index is -0.0933. The van der Waals surface area contributed by atoms with Crippen LogP contribution in [0.5, 0.6) is 0 Å². The predicted octanol–water partition coefficient (Wildman–Crippen LogP) is 1.03. The molecular weight excluding hydrogens is 320 g/mol. The van der Waals surface area contributed by atoms with Gasteiger partial charge in [-0.2, -0.15) is 5.10 Å². The van der Waals surface area contributed by atoms with Crippen LogP contribution in [0.1, 0.15) is 27.5 Å². The van der Waals surface area contributed by atoms with Crippen LogP contribution in [0.25, 0.3) is 5.52 Å². The molecule has 0 N–H and O–H groups in total. The Labute approximate surface area is 145 Å². The van der Waals surface area contributed by atoms with Crippen molar-refractivity contribution in [3.8, 4) is 0 Å². The molecule has 0 radical (unpaired) electrons. The Balaban J connectivity index is 1.63. The number of fused-ring (bicyclic) bond motifs is 1. The third-order valence-corrected chi connectivity index (χ3v) is 4.76. The first-order valence-electron chi connectivity index (χ1n) is 8.19. The number of hydrogen-bond donors (Lipinski definition) is 0. The zero-order valence-corrected chi connectivity index (χ0v) is 14.5. The van der Waals surface area contributed by atoms with Gasteiger partial charge in [-0.15, -0.1) is 5.10 Å². The van der Waals surface area contributed by atoms with E-state index in [1.54, 1.807) is 22.5 Å². The van der Waals surface area contributed by atoms with E-state index in [4.69, 9.17) is 4.74 Å². The van der Waals surface area contributed by atoms with Crippen molar-refractivity contribution < 1.29 is 9.53 Å². The zero-order valence-electron chi connectivity index (χ0n) is 14.5. The number of hydrogen-bond acceptors (Lipinski definition) is 5. The van der Waals surface area contributed by atoms with E-state index in [1.165, 1.54) is 0 Å². The van der Waals surface area contributed by atoms with Crippen molar-refractivity contribution in [1.82, 2.24) is 29.5 Å². The van der Waals surface area contributed by atoms with Crippen LogP contribution >= 0.6 is 0 Å². The highest BCUT2D eigenvalue weighted by Crippen LogP contribution is 2.29. The van der Waals surface area contributed by atoms with Crippen LogP contribution in [-0.2, 0) is 11.8 Å². The third-order valence-electron chi connectivity index (χ3n) is 4.76. The molecule has 0 unspecified atom stereocenters. The van der Waals surface area contributed by atoms with Crippen LogP contribution in [0, 0.1) is 6.92 Å². The van der Waals surface area contributed by atoms with E-state index < -0.39 is 0 Å². The van der Waals surface area contributed by atoms with E-state index in [0.717, 1.165) is 16.8 Å². The molecule has 4 rings (SSSR count). The Hall–Kier alpha value is -2.74. The summed E-state index contributed by atoms with van der Waals surface area (Å²) < 4.78 is 8.99. The highest BCUT2D eigenvalue weighted by molar-refractivity contribution is 6.00. The largest absolute Gasteiger partial charge is 0.379 e. The van der Waals surface area contributed by atoms with Crippen molar-refractivity contribution >= 4 is 11.4 Å². The molecule has 0 bridgehead atoms. The minimum absolute atomic E-state index is 0.0197. The van der Waals surface area contributed by atoms with Crippen LogP contribution in [0.2, 0.25) is 0 Å². The van der Waals surface area contributed by atoms with Gasteiger partial charge in [0, 0.05) is 39.6 Å². The van der Waals surface area contributed by atoms with E-state index in [9.17, 15) is 4.79 Å². The summed E-state index contributed by atoms with van der Waals surface area (Å²) in [6, 6.07) is 3.94. The maximum Gasteiger partial charge on any atom is 0.257 e. The van der Waals surface area contributed by atoms with E-state index in [1.807, 2.05) is 43.4 Å². The van der Waals surface area contributed by atoms with Gasteiger partial charge in [-0.3, -0.25) is 9.48 Å². The summed E-state index contributed by atoms with van der Waals surface area (Å²) in [4.78, 5) is 14.9. The number of carbonyl (C=O) groups excluding carboxylic acids is 1. The lowest BCUT2D eigenvalue weighted by atomic mass is 10.0. The average molecular weight is 340 g/mol. The zero-order chi connectivity index (χ0) is 17.6. The summed E-state index contributed by atoms with van der Waals surface area (Å²) in [6.07, 6.45) is 5.29. The van der Waals surface area contributed by atoms with E-state index in [-0.39, 0.29) is 17.9 Å². The summed E-state index contributed by atoms with van der Waals surface area (Å²) in [6.45, 7) is 3.08. The highest BCUT2D eigenvalue weighted by atomic mass is 16.5. The fourth-order valence-electron chi connectivity index (χ4n) is 3.42. The molecule has 8 heteroatoms. The Bertz CT molecular complexity index is 930. The molecule has 1 fully saturated rings. The Morgan fingerprint density at radius 2 is 2.20 bits per heavy atom. The Morgan fingerprint density at radius 3 is 2.92 bits per heavy atom. The number of amides is 1. The number of aryl methyl sites for hydroxylation is 2. The van der Waals surface area contributed by atoms with Crippen molar-refractivity contribution in [2.24, 2.45) is 7.05 Å². The molecule has 130 valence electrons. The third kappa shape index (κ3) is 2.68. The summed E-state index contributed by atoms with van der Waals surface area (Å²) >= 11 is 0. The van der Waals surface area contributed by atoms with Crippen LogP contribution in [0.4, 0.5) is 0 Å². The molecular formula is C17H20N6O2. The fourth-order valence-corrected chi connectivity index (χ4v) is 3.42. The lowest BCUT2D eigenvalue weighted by Crippen LogP contribution is -2.29. The maximum absolute atomic E-state index is 13.1. The smallest absolute Gasteiger partial charge is 0.257 e. The molecule has 8 nitrogen and oxygen atoms in total. The molecule has 1 amide bonds. The molecule has 3 aromatic rings. The van der Waals surface area contributed by atoms with Gasteiger partial charge in [0.15, 0.2) is 0 Å². The first-order chi connectivity index (χ1) is 12.1. The van der Waals surface area contributed by atoms with E-state index >= 15 is 0 Å². The number of aromatic nitrogens is 5. The number of carbonyl (C=O) groups is 1. The Morgan fingerprint density at radius 1 is 1.36 bits per heavy atom. The summed E-state index contributed by atoms with van der Waals surface area (Å²) in [5, 5.41) is 12.5. The fraction of sp³-hybridized carbons (Fsp3) is 0.412. The molecule has 1 aliphatic rings. The maximum atomic E-state index is 13.1. The number of pyridine rings is 1. The average Bonchev–Trinajstić information content (AvgIpc) is 3.30. The number of nitrogens with zero attached hydrogens (tertiary/aromatic N) is 6. The first kappa shape index (κ1) is 15.8. The monoisotopic (exact) mass is 340 g/mol. The second kappa shape index (κ2) is 5.96.